The number of carbonyl (C=O) groups excluding carboxylic acids is 2. The monoisotopic (exact) mass is 188 g/mol. The molecule has 2 unspecified atom stereocenters. The summed E-state index contributed by atoms with van der Waals surface area (Å²) in [5.41, 5.74) is 1.82. The van der Waals surface area contributed by atoms with Crippen LogP contribution in [0.2, 0.25) is 0 Å². The summed E-state index contributed by atoms with van der Waals surface area (Å²) in [4.78, 5) is 25.9. The lowest BCUT2D eigenvalue weighted by molar-refractivity contribution is -0.159. The van der Waals surface area contributed by atoms with Crippen LogP contribution in [0.25, 0.3) is 0 Å². The minimum atomic E-state index is -0.482. The van der Waals surface area contributed by atoms with Crippen molar-refractivity contribution in [2.24, 2.45) is 17.7 Å². The van der Waals surface area contributed by atoms with Crippen LogP contribution >= 0.6 is 0 Å². The standard InChI is InChI=1S/C8H16N2O3/c1-3-6(2)7(4-5-11)8(12)13-10-9/h5-7,10H,3-4,9H2,1-2H3. The highest BCUT2D eigenvalue weighted by Crippen LogP contribution is 2.18. The first kappa shape index (κ1) is 12.1. The van der Waals surface area contributed by atoms with Gasteiger partial charge in [0.25, 0.3) is 0 Å². The number of rotatable bonds is 6. The maximum atomic E-state index is 11.2. The molecule has 5 heteroatoms. The van der Waals surface area contributed by atoms with E-state index in [1.165, 1.54) is 0 Å². The molecule has 0 aliphatic rings. The summed E-state index contributed by atoms with van der Waals surface area (Å²) >= 11 is 0. The Hall–Kier alpha value is -0.940. The average molecular weight is 188 g/mol. The zero-order valence-electron chi connectivity index (χ0n) is 7.95. The minimum Gasteiger partial charge on any atom is -0.356 e. The number of carbonyl (C=O) groups is 2. The van der Waals surface area contributed by atoms with Crippen molar-refractivity contribution in [3.63, 3.8) is 0 Å². The van der Waals surface area contributed by atoms with Crippen LogP contribution in [0, 0.1) is 11.8 Å². The lowest BCUT2D eigenvalue weighted by Crippen LogP contribution is -2.33. The molecule has 76 valence electrons. The summed E-state index contributed by atoms with van der Waals surface area (Å²) in [6.45, 7) is 3.84. The summed E-state index contributed by atoms with van der Waals surface area (Å²) in [5.74, 6) is 4.05. The first-order valence-corrected chi connectivity index (χ1v) is 4.27. The van der Waals surface area contributed by atoms with Crippen molar-refractivity contribution in [3.05, 3.63) is 0 Å². The number of hydrogen-bond acceptors (Lipinski definition) is 5. The normalized spacial score (nSPS) is 14.7. The van der Waals surface area contributed by atoms with Gasteiger partial charge in [0.05, 0.1) is 5.92 Å². The Kier molecular flexibility index (Phi) is 6.09. The average Bonchev–Trinajstić information content (AvgIpc) is 2.13. The van der Waals surface area contributed by atoms with Crippen molar-refractivity contribution in [2.45, 2.75) is 26.7 Å². The molecule has 5 nitrogen and oxygen atoms in total. The molecule has 0 amide bonds. The van der Waals surface area contributed by atoms with Crippen LogP contribution in [-0.2, 0) is 14.4 Å². The molecule has 0 aromatic heterocycles. The quantitative estimate of drug-likeness (QED) is 0.352. The molecule has 2 atom stereocenters. The third-order valence-corrected chi connectivity index (χ3v) is 2.14. The molecule has 0 aliphatic carbocycles. The predicted molar refractivity (Wildman–Crippen MR) is 47.0 cm³/mol. The van der Waals surface area contributed by atoms with E-state index in [1.54, 1.807) is 0 Å². The van der Waals surface area contributed by atoms with Crippen molar-refractivity contribution in [3.8, 4) is 0 Å². The smallest absolute Gasteiger partial charge is 0.330 e. The van der Waals surface area contributed by atoms with E-state index in [4.69, 9.17) is 5.84 Å². The highest BCUT2D eigenvalue weighted by Gasteiger charge is 2.25. The number of hydrazine groups is 1. The molecule has 0 heterocycles. The van der Waals surface area contributed by atoms with Crippen molar-refractivity contribution in [1.82, 2.24) is 5.59 Å². The number of nitrogens with two attached hydrogens (primary N) is 1. The van der Waals surface area contributed by atoms with Crippen LogP contribution in [0.3, 0.4) is 0 Å². The van der Waals surface area contributed by atoms with Gasteiger partial charge >= 0.3 is 5.97 Å². The van der Waals surface area contributed by atoms with Crippen molar-refractivity contribution < 1.29 is 14.4 Å². The van der Waals surface area contributed by atoms with Gasteiger partial charge in [0.2, 0.25) is 0 Å². The molecule has 0 aromatic carbocycles. The predicted octanol–water partition coefficient (Wildman–Crippen LogP) is 0.159. The molecule has 0 saturated carbocycles. The third-order valence-electron chi connectivity index (χ3n) is 2.14. The molecule has 0 bridgehead atoms. The van der Waals surface area contributed by atoms with Gasteiger partial charge in [0.15, 0.2) is 0 Å². The number of aldehydes is 1. The summed E-state index contributed by atoms with van der Waals surface area (Å²) in [6, 6.07) is 0. The van der Waals surface area contributed by atoms with Crippen LogP contribution < -0.4 is 11.4 Å². The van der Waals surface area contributed by atoms with Crippen molar-refractivity contribution in [1.29, 1.82) is 0 Å². The van der Waals surface area contributed by atoms with Crippen LogP contribution in [0.4, 0.5) is 0 Å². The molecule has 0 aromatic rings. The van der Waals surface area contributed by atoms with Crippen LogP contribution in [0.15, 0.2) is 0 Å². The highest BCUT2D eigenvalue weighted by atomic mass is 16.7. The van der Waals surface area contributed by atoms with Gasteiger partial charge in [-0.3, -0.25) is 0 Å². The van der Waals surface area contributed by atoms with Gasteiger partial charge in [0, 0.05) is 6.42 Å². The molecule has 0 fully saturated rings. The van der Waals surface area contributed by atoms with Gasteiger partial charge in [-0.2, -0.15) is 0 Å². The number of hydrogen-bond donors (Lipinski definition) is 2. The van der Waals surface area contributed by atoms with Gasteiger partial charge in [0.1, 0.15) is 6.29 Å². The Balaban J connectivity index is 4.21. The lowest BCUT2D eigenvalue weighted by Gasteiger charge is -2.17. The van der Waals surface area contributed by atoms with Crippen LogP contribution in [0.5, 0.6) is 0 Å². The van der Waals surface area contributed by atoms with E-state index in [1.807, 2.05) is 19.4 Å². The molecule has 0 aliphatic heterocycles. The molecule has 3 N–H and O–H groups in total. The molecule has 13 heavy (non-hydrogen) atoms. The maximum Gasteiger partial charge on any atom is 0.330 e. The summed E-state index contributed by atoms with van der Waals surface area (Å²) in [7, 11) is 0. The second-order valence-electron chi connectivity index (χ2n) is 2.93. The van der Waals surface area contributed by atoms with E-state index >= 15 is 0 Å². The van der Waals surface area contributed by atoms with E-state index in [9.17, 15) is 9.59 Å². The Morgan fingerprint density at radius 2 is 2.31 bits per heavy atom. The number of nitrogens with one attached hydrogen (secondary N) is 1. The Bertz CT molecular complexity index is 173. The summed E-state index contributed by atoms with van der Waals surface area (Å²) in [6.07, 6.45) is 1.71. The molecule has 0 rings (SSSR count). The summed E-state index contributed by atoms with van der Waals surface area (Å²) < 4.78 is 0. The molecule has 0 saturated heterocycles. The second-order valence-corrected chi connectivity index (χ2v) is 2.93. The van der Waals surface area contributed by atoms with Gasteiger partial charge in [-0.25, -0.2) is 10.6 Å². The third kappa shape index (κ3) is 4.00. The van der Waals surface area contributed by atoms with Crippen molar-refractivity contribution >= 4 is 12.3 Å². The maximum absolute atomic E-state index is 11.2. The molecular formula is C8H16N2O3. The topological polar surface area (TPSA) is 81.4 Å². The van der Waals surface area contributed by atoms with E-state index < -0.39 is 11.9 Å². The fraction of sp³-hybridized carbons (Fsp3) is 0.750. The largest absolute Gasteiger partial charge is 0.356 e. The second kappa shape index (κ2) is 6.56. The van der Waals surface area contributed by atoms with Crippen LogP contribution in [0.1, 0.15) is 26.7 Å². The van der Waals surface area contributed by atoms with E-state index in [0.717, 1.165) is 6.42 Å². The molecule has 0 radical (unpaired) electrons. The van der Waals surface area contributed by atoms with Crippen molar-refractivity contribution in [2.75, 3.05) is 0 Å². The fourth-order valence-electron chi connectivity index (χ4n) is 1.08. The van der Waals surface area contributed by atoms with Crippen LogP contribution in [-0.4, -0.2) is 12.3 Å². The summed E-state index contributed by atoms with van der Waals surface area (Å²) in [5, 5.41) is 0. The zero-order chi connectivity index (χ0) is 10.3. The first-order chi connectivity index (χ1) is 6.17. The van der Waals surface area contributed by atoms with E-state index in [2.05, 4.69) is 4.84 Å². The van der Waals surface area contributed by atoms with Gasteiger partial charge in [-0.1, -0.05) is 25.9 Å². The zero-order valence-corrected chi connectivity index (χ0v) is 7.95. The molecule has 0 spiro atoms. The fourth-order valence-corrected chi connectivity index (χ4v) is 1.08. The molecular weight excluding hydrogens is 172 g/mol. The van der Waals surface area contributed by atoms with Gasteiger partial charge in [-0.05, 0) is 5.92 Å². The Morgan fingerprint density at radius 1 is 1.69 bits per heavy atom. The Morgan fingerprint density at radius 3 is 2.69 bits per heavy atom. The first-order valence-electron chi connectivity index (χ1n) is 4.27. The van der Waals surface area contributed by atoms with Gasteiger partial charge in [-0.15, -0.1) is 0 Å². The SMILES string of the molecule is CCC(C)C(CC=O)C(=O)ONN. The Labute approximate surface area is 77.5 Å². The van der Waals surface area contributed by atoms with E-state index in [0.29, 0.717) is 6.29 Å². The van der Waals surface area contributed by atoms with Gasteiger partial charge < -0.3 is 9.63 Å². The highest BCUT2D eigenvalue weighted by molar-refractivity contribution is 5.75. The van der Waals surface area contributed by atoms with E-state index in [-0.39, 0.29) is 12.3 Å². The lowest BCUT2D eigenvalue weighted by atomic mass is 9.90. The minimum absolute atomic E-state index is 0.117.